The van der Waals surface area contributed by atoms with Crippen molar-refractivity contribution in [3.63, 3.8) is 0 Å². The minimum Gasteiger partial charge on any atom is -0.494 e. The predicted octanol–water partition coefficient (Wildman–Crippen LogP) is 2.80. The maximum absolute atomic E-state index is 12.9. The van der Waals surface area contributed by atoms with Gasteiger partial charge in [-0.3, -0.25) is 0 Å². The molecule has 12 heavy (non-hydrogen) atoms. The number of rotatable bonds is 3. The Labute approximate surface area is 72.2 Å². The second kappa shape index (κ2) is 4.10. The monoisotopic (exact) mass is 167 g/mol. The summed E-state index contributed by atoms with van der Waals surface area (Å²) in [5.41, 5.74) is 0.402. The van der Waals surface area contributed by atoms with Crippen LogP contribution in [-0.4, -0.2) is 6.61 Å². The topological polar surface area (TPSA) is 9.23 Å². The molecule has 0 aliphatic heterocycles. The molecule has 0 aromatic heterocycles. The van der Waals surface area contributed by atoms with Gasteiger partial charge in [0.05, 0.1) is 6.61 Å². The van der Waals surface area contributed by atoms with E-state index in [1.807, 2.05) is 6.92 Å². The highest BCUT2D eigenvalue weighted by Crippen LogP contribution is 2.15. The summed E-state index contributed by atoms with van der Waals surface area (Å²) in [4.78, 5) is 0. The summed E-state index contributed by atoms with van der Waals surface area (Å²) >= 11 is 0. The fraction of sp³-hybridized carbons (Fsp3) is 0.300. The molecule has 0 bridgehead atoms. The second-order valence-corrected chi connectivity index (χ2v) is 2.60. The largest absolute Gasteiger partial charge is 0.494 e. The lowest BCUT2D eigenvalue weighted by Gasteiger charge is -2.04. The van der Waals surface area contributed by atoms with Gasteiger partial charge < -0.3 is 4.74 Å². The normalized spacial score (nSPS) is 9.92. The van der Waals surface area contributed by atoms with Gasteiger partial charge in [0.25, 0.3) is 0 Å². The molecule has 0 atom stereocenters. The molecule has 0 spiro atoms. The van der Waals surface area contributed by atoms with Crippen LogP contribution in [0.2, 0.25) is 0 Å². The molecule has 1 aromatic carbocycles. The molecule has 0 aliphatic carbocycles. The molecule has 0 saturated heterocycles. The van der Waals surface area contributed by atoms with Crippen molar-refractivity contribution in [1.29, 1.82) is 0 Å². The standard InChI is InChI=1S/C10H12FO/c1-3-6-12-9-5-4-8(2)10(11)7-9/h4-5,7H,2-3,6H2,1H3. The zero-order chi connectivity index (χ0) is 8.97. The Morgan fingerprint density at radius 1 is 1.50 bits per heavy atom. The Morgan fingerprint density at radius 3 is 2.83 bits per heavy atom. The van der Waals surface area contributed by atoms with Crippen LogP contribution in [0, 0.1) is 12.7 Å². The first-order valence-corrected chi connectivity index (χ1v) is 3.98. The van der Waals surface area contributed by atoms with Gasteiger partial charge >= 0.3 is 0 Å². The summed E-state index contributed by atoms with van der Waals surface area (Å²) in [6.45, 7) is 6.14. The van der Waals surface area contributed by atoms with Gasteiger partial charge in [-0.15, -0.1) is 0 Å². The minimum atomic E-state index is -0.316. The molecule has 1 aromatic rings. The van der Waals surface area contributed by atoms with E-state index in [0.717, 1.165) is 6.42 Å². The molecule has 0 N–H and O–H groups in total. The molecule has 0 amide bonds. The van der Waals surface area contributed by atoms with Crippen molar-refractivity contribution in [3.8, 4) is 5.75 Å². The van der Waals surface area contributed by atoms with Gasteiger partial charge in [0.1, 0.15) is 11.6 Å². The van der Waals surface area contributed by atoms with E-state index >= 15 is 0 Å². The fourth-order valence-corrected chi connectivity index (χ4v) is 0.838. The summed E-state index contributed by atoms with van der Waals surface area (Å²) in [5, 5.41) is 0. The Hall–Kier alpha value is -1.05. The number of hydrogen-bond donors (Lipinski definition) is 0. The van der Waals surface area contributed by atoms with Crippen LogP contribution in [0.15, 0.2) is 18.2 Å². The van der Waals surface area contributed by atoms with Gasteiger partial charge in [-0.25, -0.2) is 4.39 Å². The Morgan fingerprint density at radius 2 is 2.25 bits per heavy atom. The lowest BCUT2D eigenvalue weighted by molar-refractivity contribution is 0.315. The molecule has 65 valence electrons. The lowest BCUT2D eigenvalue weighted by atomic mass is 10.2. The molecular formula is C10H12FO. The zero-order valence-corrected chi connectivity index (χ0v) is 7.14. The highest BCUT2D eigenvalue weighted by molar-refractivity contribution is 5.30. The number of halogens is 1. The van der Waals surface area contributed by atoms with Crippen molar-refractivity contribution in [2.45, 2.75) is 13.3 Å². The van der Waals surface area contributed by atoms with Crippen LogP contribution in [0.5, 0.6) is 5.75 Å². The van der Waals surface area contributed by atoms with Crippen molar-refractivity contribution in [2.24, 2.45) is 0 Å². The molecule has 0 fully saturated rings. The predicted molar refractivity (Wildman–Crippen MR) is 46.6 cm³/mol. The first-order valence-electron chi connectivity index (χ1n) is 3.98. The second-order valence-electron chi connectivity index (χ2n) is 2.60. The Kier molecular flexibility index (Phi) is 3.09. The Bertz CT molecular complexity index is 258. The van der Waals surface area contributed by atoms with Crippen molar-refractivity contribution in [1.82, 2.24) is 0 Å². The quantitative estimate of drug-likeness (QED) is 0.672. The van der Waals surface area contributed by atoms with E-state index in [-0.39, 0.29) is 5.82 Å². The summed E-state index contributed by atoms with van der Waals surface area (Å²) in [5.74, 6) is 0.255. The highest BCUT2D eigenvalue weighted by atomic mass is 19.1. The smallest absolute Gasteiger partial charge is 0.130 e. The lowest BCUT2D eigenvalue weighted by Crippen LogP contribution is -1.95. The maximum atomic E-state index is 12.9. The maximum Gasteiger partial charge on any atom is 0.130 e. The molecule has 1 nitrogen and oxygen atoms in total. The SMILES string of the molecule is [CH2]c1ccc(OCCC)cc1F. The molecular weight excluding hydrogens is 155 g/mol. The van der Waals surface area contributed by atoms with E-state index in [4.69, 9.17) is 4.74 Å². The van der Waals surface area contributed by atoms with Crippen LogP contribution < -0.4 is 4.74 Å². The van der Waals surface area contributed by atoms with Gasteiger partial charge in [-0.1, -0.05) is 13.0 Å². The van der Waals surface area contributed by atoms with Crippen LogP contribution >= 0.6 is 0 Å². The molecule has 1 rings (SSSR count). The molecule has 0 heterocycles. The molecule has 1 radical (unpaired) electrons. The van der Waals surface area contributed by atoms with Crippen LogP contribution in [0.25, 0.3) is 0 Å². The fourth-order valence-electron chi connectivity index (χ4n) is 0.838. The van der Waals surface area contributed by atoms with Gasteiger partial charge in [-0.2, -0.15) is 0 Å². The third-order valence-electron chi connectivity index (χ3n) is 1.50. The highest BCUT2D eigenvalue weighted by Gasteiger charge is 1.98. The van der Waals surface area contributed by atoms with E-state index < -0.39 is 0 Å². The minimum absolute atomic E-state index is 0.316. The summed E-state index contributed by atoms with van der Waals surface area (Å²) in [7, 11) is 0. The van der Waals surface area contributed by atoms with Crippen molar-refractivity contribution in [3.05, 3.63) is 36.5 Å². The first kappa shape index (κ1) is 9.04. The molecule has 0 saturated carbocycles. The van der Waals surface area contributed by atoms with E-state index in [1.54, 1.807) is 12.1 Å². The zero-order valence-electron chi connectivity index (χ0n) is 7.14. The van der Waals surface area contributed by atoms with Crippen molar-refractivity contribution < 1.29 is 9.13 Å². The van der Waals surface area contributed by atoms with Crippen LogP contribution in [0.3, 0.4) is 0 Å². The van der Waals surface area contributed by atoms with E-state index in [1.165, 1.54) is 6.07 Å². The van der Waals surface area contributed by atoms with Gasteiger partial charge in [0.15, 0.2) is 0 Å². The van der Waals surface area contributed by atoms with Crippen molar-refractivity contribution >= 4 is 0 Å². The summed E-state index contributed by atoms with van der Waals surface area (Å²) in [6, 6.07) is 4.69. The van der Waals surface area contributed by atoms with E-state index in [9.17, 15) is 4.39 Å². The third kappa shape index (κ3) is 2.22. The Balaban J connectivity index is 2.69. The molecule has 0 aliphatic rings. The summed E-state index contributed by atoms with van der Waals surface area (Å²) < 4.78 is 18.1. The number of hydrogen-bond acceptors (Lipinski definition) is 1. The summed E-state index contributed by atoms with van der Waals surface area (Å²) in [6.07, 6.45) is 0.924. The van der Waals surface area contributed by atoms with E-state index in [2.05, 4.69) is 6.92 Å². The average molecular weight is 167 g/mol. The van der Waals surface area contributed by atoms with Crippen LogP contribution in [0.4, 0.5) is 4.39 Å². The van der Waals surface area contributed by atoms with Gasteiger partial charge in [0.2, 0.25) is 0 Å². The van der Waals surface area contributed by atoms with Crippen LogP contribution in [0.1, 0.15) is 18.9 Å². The van der Waals surface area contributed by atoms with E-state index in [0.29, 0.717) is 17.9 Å². The average Bonchev–Trinajstić information content (AvgIpc) is 2.07. The van der Waals surface area contributed by atoms with Gasteiger partial charge in [-0.05, 0) is 25.0 Å². The van der Waals surface area contributed by atoms with Crippen molar-refractivity contribution in [2.75, 3.05) is 6.61 Å². The number of ether oxygens (including phenoxy) is 1. The van der Waals surface area contributed by atoms with Crippen LogP contribution in [-0.2, 0) is 0 Å². The molecule has 2 heteroatoms. The van der Waals surface area contributed by atoms with Gasteiger partial charge in [0, 0.05) is 6.07 Å². The molecule has 0 unspecified atom stereocenters. The first-order chi connectivity index (χ1) is 5.74. The number of benzene rings is 1. The third-order valence-corrected chi connectivity index (χ3v) is 1.50.